The SMILES string of the molecule is C[C@H](NCc1ccccn1)C(=O)N(C)C. The van der Waals surface area contributed by atoms with E-state index in [0.29, 0.717) is 6.54 Å². The zero-order chi connectivity index (χ0) is 11.3. The Labute approximate surface area is 90.3 Å². The van der Waals surface area contributed by atoms with Crippen molar-refractivity contribution in [1.29, 1.82) is 0 Å². The minimum Gasteiger partial charge on any atom is -0.347 e. The van der Waals surface area contributed by atoms with Crippen LogP contribution >= 0.6 is 0 Å². The molecule has 0 radical (unpaired) electrons. The lowest BCUT2D eigenvalue weighted by Gasteiger charge is -2.17. The second kappa shape index (κ2) is 5.46. The second-order valence-electron chi connectivity index (χ2n) is 3.66. The minimum atomic E-state index is -0.179. The average molecular weight is 207 g/mol. The molecule has 0 bridgehead atoms. The largest absolute Gasteiger partial charge is 0.347 e. The van der Waals surface area contributed by atoms with Crippen LogP contribution in [0, 0.1) is 0 Å². The molecular weight excluding hydrogens is 190 g/mol. The molecule has 4 heteroatoms. The van der Waals surface area contributed by atoms with E-state index in [9.17, 15) is 4.79 Å². The summed E-state index contributed by atoms with van der Waals surface area (Å²) in [5, 5.41) is 3.13. The first-order chi connectivity index (χ1) is 7.11. The summed E-state index contributed by atoms with van der Waals surface area (Å²) in [6.45, 7) is 2.47. The van der Waals surface area contributed by atoms with Crippen molar-refractivity contribution in [2.75, 3.05) is 14.1 Å². The van der Waals surface area contributed by atoms with Crippen LogP contribution in [0.4, 0.5) is 0 Å². The normalized spacial score (nSPS) is 12.2. The van der Waals surface area contributed by atoms with Gasteiger partial charge in [-0.3, -0.25) is 9.78 Å². The van der Waals surface area contributed by atoms with Crippen LogP contribution in [0.15, 0.2) is 24.4 Å². The number of hydrogen-bond donors (Lipinski definition) is 1. The van der Waals surface area contributed by atoms with Gasteiger partial charge in [-0.25, -0.2) is 0 Å². The molecule has 0 spiro atoms. The van der Waals surface area contributed by atoms with E-state index in [1.54, 1.807) is 25.2 Å². The Morgan fingerprint density at radius 3 is 2.80 bits per heavy atom. The molecule has 1 heterocycles. The van der Waals surface area contributed by atoms with E-state index in [1.807, 2.05) is 25.1 Å². The molecule has 0 fully saturated rings. The maximum atomic E-state index is 11.5. The number of amides is 1. The lowest BCUT2D eigenvalue weighted by Crippen LogP contribution is -2.41. The number of rotatable bonds is 4. The fourth-order valence-electron chi connectivity index (χ4n) is 1.23. The fraction of sp³-hybridized carbons (Fsp3) is 0.455. The zero-order valence-electron chi connectivity index (χ0n) is 9.40. The molecule has 0 saturated carbocycles. The Kier molecular flexibility index (Phi) is 4.24. The maximum Gasteiger partial charge on any atom is 0.238 e. The van der Waals surface area contributed by atoms with Gasteiger partial charge in [0.25, 0.3) is 0 Å². The summed E-state index contributed by atoms with van der Waals surface area (Å²) >= 11 is 0. The highest BCUT2D eigenvalue weighted by Gasteiger charge is 2.13. The molecule has 1 rings (SSSR count). The molecule has 0 saturated heterocycles. The molecule has 1 N–H and O–H groups in total. The van der Waals surface area contributed by atoms with Gasteiger partial charge in [-0.1, -0.05) is 6.07 Å². The molecule has 15 heavy (non-hydrogen) atoms. The first-order valence-corrected chi connectivity index (χ1v) is 4.95. The smallest absolute Gasteiger partial charge is 0.238 e. The van der Waals surface area contributed by atoms with Crippen LogP contribution in [0.25, 0.3) is 0 Å². The summed E-state index contributed by atoms with van der Waals surface area (Å²) in [6.07, 6.45) is 1.75. The van der Waals surface area contributed by atoms with Crippen molar-refractivity contribution in [3.63, 3.8) is 0 Å². The van der Waals surface area contributed by atoms with Crippen LogP contribution in [0.1, 0.15) is 12.6 Å². The van der Waals surface area contributed by atoms with Crippen LogP contribution < -0.4 is 5.32 Å². The molecule has 4 nitrogen and oxygen atoms in total. The number of pyridine rings is 1. The van der Waals surface area contributed by atoms with E-state index in [1.165, 1.54) is 0 Å². The van der Waals surface area contributed by atoms with E-state index in [-0.39, 0.29) is 11.9 Å². The van der Waals surface area contributed by atoms with Crippen molar-refractivity contribution >= 4 is 5.91 Å². The van der Waals surface area contributed by atoms with E-state index in [2.05, 4.69) is 10.3 Å². The monoisotopic (exact) mass is 207 g/mol. The van der Waals surface area contributed by atoms with Gasteiger partial charge in [0, 0.05) is 26.8 Å². The Hall–Kier alpha value is -1.42. The van der Waals surface area contributed by atoms with Crippen LogP contribution in [-0.2, 0) is 11.3 Å². The van der Waals surface area contributed by atoms with Gasteiger partial charge in [-0.15, -0.1) is 0 Å². The maximum absolute atomic E-state index is 11.5. The lowest BCUT2D eigenvalue weighted by atomic mass is 10.3. The number of nitrogens with zero attached hydrogens (tertiary/aromatic N) is 2. The van der Waals surface area contributed by atoms with E-state index >= 15 is 0 Å². The number of carbonyl (C=O) groups excluding carboxylic acids is 1. The van der Waals surface area contributed by atoms with E-state index in [0.717, 1.165) is 5.69 Å². The summed E-state index contributed by atoms with van der Waals surface area (Å²) in [4.78, 5) is 17.3. The van der Waals surface area contributed by atoms with Crippen LogP contribution in [0.2, 0.25) is 0 Å². The predicted octanol–water partition coefficient (Wildman–Crippen LogP) is 0.648. The molecule has 82 valence electrons. The third-order valence-electron chi connectivity index (χ3n) is 2.13. The van der Waals surface area contributed by atoms with Gasteiger partial charge in [0.05, 0.1) is 11.7 Å². The number of carbonyl (C=O) groups is 1. The van der Waals surface area contributed by atoms with Crippen molar-refractivity contribution in [2.45, 2.75) is 19.5 Å². The first kappa shape index (κ1) is 11.7. The highest BCUT2D eigenvalue weighted by atomic mass is 16.2. The Balaban J connectivity index is 2.41. The van der Waals surface area contributed by atoms with Crippen molar-refractivity contribution in [3.8, 4) is 0 Å². The summed E-state index contributed by atoms with van der Waals surface area (Å²) in [6, 6.07) is 5.56. The molecule has 1 aromatic rings. The van der Waals surface area contributed by atoms with Crippen molar-refractivity contribution < 1.29 is 4.79 Å². The number of nitrogens with one attached hydrogen (secondary N) is 1. The van der Waals surface area contributed by atoms with Gasteiger partial charge in [0.2, 0.25) is 5.91 Å². The van der Waals surface area contributed by atoms with Gasteiger partial charge in [0.1, 0.15) is 0 Å². The third kappa shape index (κ3) is 3.67. The predicted molar refractivity (Wildman–Crippen MR) is 59.2 cm³/mol. The summed E-state index contributed by atoms with van der Waals surface area (Å²) in [5.74, 6) is 0.0749. The average Bonchev–Trinajstić information content (AvgIpc) is 2.26. The molecule has 0 aliphatic carbocycles. The summed E-state index contributed by atoms with van der Waals surface area (Å²) in [5.41, 5.74) is 0.941. The molecule has 0 aliphatic heterocycles. The lowest BCUT2D eigenvalue weighted by molar-refractivity contribution is -0.130. The van der Waals surface area contributed by atoms with Gasteiger partial charge in [-0.2, -0.15) is 0 Å². The van der Waals surface area contributed by atoms with Gasteiger partial charge < -0.3 is 10.2 Å². The third-order valence-corrected chi connectivity index (χ3v) is 2.13. The van der Waals surface area contributed by atoms with Crippen molar-refractivity contribution in [1.82, 2.24) is 15.2 Å². The Morgan fingerprint density at radius 1 is 1.53 bits per heavy atom. The fourth-order valence-corrected chi connectivity index (χ4v) is 1.23. The number of aromatic nitrogens is 1. The Morgan fingerprint density at radius 2 is 2.27 bits per heavy atom. The molecule has 1 aromatic heterocycles. The highest BCUT2D eigenvalue weighted by Crippen LogP contribution is 1.95. The number of hydrogen-bond acceptors (Lipinski definition) is 3. The van der Waals surface area contributed by atoms with E-state index in [4.69, 9.17) is 0 Å². The van der Waals surface area contributed by atoms with Crippen LogP contribution in [0.5, 0.6) is 0 Å². The quantitative estimate of drug-likeness (QED) is 0.788. The molecular formula is C11H17N3O. The summed E-state index contributed by atoms with van der Waals surface area (Å²) in [7, 11) is 3.50. The molecule has 0 unspecified atom stereocenters. The highest BCUT2D eigenvalue weighted by molar-refractivity contribution is 5.80. The molecule has 1 atom stereocenters. The first-order valence-electron chi connectivity index (χ1n) is 4.95. The Bertz CT molecular complexity index is 311. The molecule has 1 amide bonds. The van der Waals surface area contributed by atoms with E-state index < -0.39 is 0 Å². The van der Waals surface area contributed by atoms with Gasteiger partial charge in [-0.05, 0) is 19.1 Å². The van der Waals surface area contributed by atoms with Crippen molar-refractivity contribution in [3.05, 3.63) is 30.1 Å². The van der Waals surface area contributed by atoms with Crippen LogP contribution in [-0.4, -0.2) is 35.9 Å². The topological polar surface area (TPSA) is 45.2 Å². The molecule has 0 aromatic carbocycles. The standard InChI is InChI=1S/C11H17N3O/c1-9(11(15)14(2)3)13-8-10-6-4-5-7-12-10/h4-7,9,13H,8H2,1-3H3/t9-/m0/s1. The van der Waals surface area contributed by atoms with Crippen LogP contribution in [0.3, 0.4) is 0 Å². The van der Waals surface area contributed by atoms with Crippen molar-refractivity contribution in [2.24, 2.45) is 0 Å². The number of likely N-dealkylation sites (N-methyl/N-ethyl adjacent to an activating group) is 1. The minimum absolute atomic E-state index is 0.0749. The summed E-state index contributed by atoms with van der Waals surface area (Å²) < 4.78 is 0. The zero-order valence-corrected chi connectivity index (χ0v) is 9.40. The second-order valence-corrected chi connectivity index (χ2v) is 3.66. The molecule has 0 aliphatic rings. The van der Waals surface area contributed by atoms with Gasteiger partial charge in [0.15, 0.2) is 0 Å². The van der Waals surface area contributed by atoms with Gasteiger partial charge >= 0.3 is 0 Å².